The van der Waals surface area contributed by atoms with Crippen LogP contribution >= 0.6 is 11.3 Å². The summed E-state index contributed by atoms with van der Waals surface area (Å²) in [5.41, 5.74) is 13.3. The van der Waals surface area contributed by atoms with E-state index in [-0.39, 0.29) is 29.9 Å². The van der Waals surface area contributed by atoms with Crippen molar-refractivity contribution in [2.24, 2.45) is 0 Å². The zero-order valence-electron chi connectivity index (χ0n) is 36.2. The lowest BCUT2D eigenvalue weighted by Gasteiger charge is -2.32. The van der Waals surface area contributed by atoms with E-state index in [1.54, 1.807) is 4.90 Å². The standard InChI is InChI=1S/C55H36N2S/c1-4-17-37(18-5-1)56(38-19-6-2-7-20-38)40-31-33-49-45(35-40)42-23-10-13-26-47(42)55(49)48-27-14-11-24-43(48)46-36-41(32-34-50(46)55)57(39-21-8-3-9-22-39)51-28-16-30-53-54(51)44-25-12-15-29-52(44)58-53/h1-36H/i1D,4D,5D,17D,18D. The van der Waals surface area contributed by atoms with Crippen LogP contribution in [-0.2, 0) is 5.41 Å². The van der Waals surface area contributed by atoms with Crippen molar-refractivity contribution < 1.29 is 6.85 Å². The third-order valence-electron chi connectivity index (χ3n) is 11.9. The Morgan fingerprint density at radius 3 is 1.55 bits per heavy atom. The number of anilines is 6. The molecule has 1 aromatic heterocycles. The second-order valence-corrected chi connectivity index (χ2v) is 15.9. The predicted molar refractivity (Wildman–Crippen MR) is 245 cm³/mol. The van der Waals surface area contributed by atoms with Gasteiger partial charge in [-0.2, -0.15) is 0 Å². The Bertz CT molecular complexity index is 3470. The number of benzene rings is 9. The van der Waals surface area contributed by atoms with E-state index in [0.29, 0.717) is 11.4 Å². The van der Waals surface area contributed by atoms with E-state index in [9.17, 15) is 0 Å². The summed E-state index contributed by atoms with van der Waals surface area (Å²) in [5.74, 6) is 0. The van der Waals surface area contributed by atoms with Gasteiger partial charge in [0.25, 0.3) is 0 Å². The molecule has 0 radical (unpaired) electrons. The minimum atomic E-state index is -0.635. The Morgan fingerprint density at radius 2 is 0.897 bits per heavy atom. The number of hydrogen-bond donors (Lipinski definition) is 0. The summed E-state index contributed by atoms with van der Waals surface area (Å²) in [6.45, 7) is 0. The fraction of sp³-hybridized carbons (Fsp3) is 0.0182. The van der Waals surface area contributed by atoms with Gasteiger partial charge in [0.15, 0.2) is 0 Å². The summed E-state index contributed by atoms with van der Waals surface area (Å²) < 4.78 is 46.1. The third kappa shape index (κ3) is 4.71. The number of para-hydroxylation sites is 3. The average Bonchev–Trinajstić information content (AvgIpc) is 3.96. The van der Waals surface area contributed by atoms with Crippen LogP contribution in [0.2, 0.25) is 0 Å². The Balaban J connectivity index is 1.09. The smallest absolute Gasteiger partial charge is 0.0725 e. The van der Waals surface area contributed by atoms with Gasteiger partial charge in [-0.1, -0.05) is 139 Å². The lowest BCUT2D eigenvalue weighted by atomic mass is 9.70. The maximum absolute atomic E-state index is 9.04. The highest BCUT2D eigenvalue weighted by Gasteiger charge is 2.51. The third-order valence-corrected chi connectivity index (χ3v) is 13.1. The van der Waals surface area contributed by atoms with Crippen LogP contribution in [0.1, 0.15) is 29.1 Å². The molecular weight excluding hydrogens is 721 g/mol. The lowest BCUT2D eigenvalue weighted by molar-refractivity contribution is 0.794. The van der Waals surface area contributed by atoms with Crippen LogP contribution in [0.15, 0.2) is 218 Å². The zero-order chi connectivity index (χ0) is 42.6. The summed E-state index contributed by atoms with van der Waals surface area (Å²) in [6.07, 6.45) is 0. The van der Waals surface area contributed by atoms with Crippen molar-refractivity contribution >= 4 is 65.6 Å². The van der Waals surface area contributed by atoms with Gasteiger partial charge in [0.05, 0.1) is 18.0 Å². The molecule has 3 heteroatoms. The lowest BCUT2D eigenvalue weighted by Crippen LogP contribution is -2.26. The van der Waals surface area contributed by atoms with Crippen LogP contribution in [-0.4, -0.2) is 0 Å². The van der Waals surface area contributed by atoms with Gasteiger partial charge in [-0.15, -0.1) is 11.3 Å². The van der Waals surface area contributed by atoms with Crippen LogP contribution in [0.3, 0.4) is 0 Å². The molecule has 0 saturated carbocycles. The first-order valence-electron chi connectivity index (χ1n) is 22.0. The molecule has 2 aliphatic rings. The fourth-order valence-corrected chi connectivity index (χ4v) is 10.8. The Morgan fingerprint density at radius 1 is 0.379 bits per heavy atom. The highest BCUT2D eigenvalue weighted by molar-refractivity contribution is 7.26. The molecule has 0 saturated heterocycles. The van der Waals surface area contributed by atoms with Crippen LogP contribution < -0.4 is 9.80 Å². The molecule has 58 heavy (non-hydrogen) atoms. The zero-order valence-corrected chi connectivity index (χ0v) is 32.0. The van der Waals surface area contributed by atoms with Gasteiger partial charge in [0, 0.05) is 48.6 Å². The van der Waals surface area contributed by atoms with Gasteiger partial charge in [-0.3, -0.25) is 0 Å². The van der Waals surface area contributed by atoms with Crippen molar-refractivity contribution in [3.8, 4) is 22.3 Å². The summed E-state index contributed by atoms with van der Waals surface area (Å²) in [7, 11) is 0. The molecule has 0 aliphatic heterocycles. The predicted octanol–water partition coefficient (Wildman–Crippen LogP) is 15.3. The average molecular weight is 762 g/mol. The number of rotatable bonds is 6. The van der Waals surface area contributed by atoms with E-state index in [4.69, 9.17) is 6.85 Å². The van der Waals surface area contributed by atoms with Gasteiger partial charge in [-0.25, -0.2) is 0 Å². The van der Waals surface area contributed by atoms with Gasteiger partial charge in [0.1, 0.15) is 0 Å². The first kappa shape index (κ1) is 28.2. The highest BCUT2D eigenvalue weighted by Crippen LogP contribution is 2.64. The van der Waals surface area contributed by atoms with Crippen molar-refractivity contribution in [2.45, 2.75) is 5.41 Å². The topological polar surface area (TPSA) is 6.48 Å². The maximum Gasteiger partial charge on any atom is 0.0725 e. The Hall–Kier alpha value is -7.20. The molecule has 12 rings (SSSR count). The quantitative estimate of drug-likeness (QED) is 0.166. The molecule has 10 aromatic rings. The molecule has 1 unspecified atom stereocenters. The second-order valence-electron chi connectivity index (χ2n) is 14.9. The van der Waals surface area contributed by atoms with Crippen LogP contribution in [0.25, 0.3) is 42.4 Å². The van der Waals surface area contributed by atoms with Crippen LogP contribution in [0, 0.1) is 0 Å². The SMILES string of the molecule is [2H]c1c([2H])c([2H])c(N(c2ccccc2)c2ccc3c(c2)-c2ccccc2C32c3ccccc3-c3cc(N(c4ccccc4)c4cccc5sc6ccccc6c45)ccc32)c([2H])c1[2H]. The summed E-state index contributed by atoms with van der Waals surface area (Å²) in [5, 5.41) is 2.48. The van der Waals surface area contributed by atoms with E-state index in [0.717, 1.165) is 33.8 Å². The number of nitrogens with zero attached hydrogens (tertiary/aromatic N) is 2. The van der Waals surface area contributed by atoms with E-state index in [1.165, 1.54) is 48.0 Å². The van der Waals surface area contributed by atoms with Crippen molar-refractivity contribution in [3.63, 3.8) is 0 Å². The molecule has 1 spiro atoms. The minimum absolute atomic E-state index is 0.103. The highest BCUT2D eigenvalue weighted by atomic mass is 32.1. The molecule has 272 valence electrons. The number of fused-ring (bicyclic) bond motifs is 13. The fourth-order valence-electron chi connectivity index (χ4n) is 9.69. The number of thiophene rings is 1. The number of hydrogen-bond acceptors (Lipinski definition) is 3. The Labute approximate surface area is 349 Å². The van der Waals surface area contributed by atoms with Crippen molar-refractivity contribution in [1.29, 1.82) is 0 Å². The first-order valence-corrected chi connectivity index (χ1v) is 20.3. The summed E-state index contributed by atoms with van der Waals surface area (Å²) in [6, 6.07) is 64.5. The van der Waals surface area contributed by atoms with E-state index in [2.05, 4.69) is 157 Å². The molecule has 0 fully saturated rings. The van der Waals surface area contributed by atoms with Gasteiger partial charge in [0.2, 0.25) is 0 Å². The van der Waals surface area contributed by atoms with Crippen LogP contribution in [0.4, 0.5) is 34.1 Å². The van der Waals surface area contributed by atoms with Crippen molar-refractivity contribution in [1.82, 2.24) is 0 Å². The summed E-state index contributed by atoms with van der Waals surface area (Å²) >= 11 is 1.82. The molecule has 0 N–H and O–H groups in total. The van der Waals surface area contributed by atoms with E-state index in [1.807, 2.05) is 47.7 Å². The first-order chi connectivity index (χ1) is 30.9. The molecule has 0 bridgehead atoms. The molecule has 1 heterocycles. The molecule has 2 nitrogen and oxygen atoms in total. The van der Waals surface area contributed by atoms with Crippen molar-refractivity contribution in [2.75, 3.05) is 9.80 Å². The minimum Gasteiger partial charge on any atom is -0.310 e. The van der Waals surface area contributed by atoms with Gasteiger partial charge in [-0.05, 0) is 123 Å². The van der Waals surface area contributed by atoms with Crippen LogP contribution in [0.5, 0.6) is 0 Å². The molecule has 1 atom stereocenters. The summed E-state index contributed by atoms with van der Waals surface area (Å²) in [4.78, 5) is 4.20. The molecule has 9 aromatic carbocycles. The van der Waals surface area contributed by atoms with E-state index < -0.39 is 11.5 Å². The molecule has 0 amide bonds. The van der Waals surface area contributed by atoms with Gasteiger partial charge >= 0.3 is 0 Å². The largest absolute Gasteiger partial charge is 0.310 e. The van der Waals surface area contributed by atoms with Gasteiger partial charge < -0.3 is 9.80 Å². The second kappa shape index (κ2) is 12.9. The normalized spacial score (nSPS) is 15.8. The Kier molecular flexibility index (Phi) is 6.29. The van der Waals surface area contributed by atoms with Crippen molar-refractivity contribution in [3.05, 3.63) is 241 Å². The monoisotopic (exact) mass is 761 g/mol. The van der Waals surface area contributed by atoms with E-state index >= 15 is 0 Å². The molecular formula is C55H36N2S. The maximum atomic E-state index is 9.04. The molecule has 2 aliphatic carbocycles.